The number of pyridine rings is 1. The first kappa shape index (κ1) is 18.4. The Hall–Kier alpha value is -1.98. The molecular weight excluding hydrogens is 329 g/mol. The van der Waals surface area contributed by atoms with Crippen LogP contribution < -0.4 is 0 Å². The molecule has 128 valence electrons. The Morgan fingerprint density at radius 2 is 1.88 bits per heavy atom. The van der Waals surface area contributed by atoms with Crippen LogP contribution in [-0.4, -0.2) is 47.9 Å². The van der Waals surface area contributed by atoms with Crippen molar-refractivity contribution in [3.63, 3.8) is 0 Å². The molecule has 2 rings (SSSR count). The average Bonchev–Trinajstić information content (AvgIpc) is 2.55. The lowest BCUT2D eigenvalue weighted by Gasteiger charge is -2.25. The quantitative estimate of drug-likeness (QED) is 0.771. The summed E-state index contributed by atoms with van der Waals surface area (Å²) in [4.78, 5) is 20.4. The van der Waals surface area contributed by atoms with Gasteiger partial charge < -0.3 is 9.80 Å². The first-order valence-corrected chi connectivity index (χ1v) is 8.09. The minimum atomic E-state index is -0.452. The zero-order chi connectivity index (χ0) is 17.5. The van der Waals surface area contributed by atoms with Gasteiger partial charge in [-0.1, -0.05) is 17.7 Å². The molecule has 0 aliphatic rings. The molecule has 0 spiro atoms. The van der Waals surface area contributed by atoms with Crippen molar-refractivity contribution in [3.05, 3.63) is 64.7 Å². The van der Waals surface area contributed by atoms with Crippen molar-refractivity contribution in [1.82, 2.24) is 14.8 Å². The Bertz CT molecular complexity index is 659. The highest BCUT2D eigenvalue weighted by Crippen LogP contribution is 2.20. The number of likely N-dealkylation sites (N-methyl/N-ethyl adjacent to an activating group) is 1. The molecule has 4 nitrogen and oxygen atoms in total. The van der Waals surface area contributed by atoms with Crippen LogP contribution in [0.5, 0.6) is 0 Å². The topological polar surface area (TPSA) is 36.4 Å². The van der Waals surface area contributed by atoms with E-state index in [1.165, 1.54) is 12.1 Å². The molecule has 2 aromatic rings. The highest BCUT2D eigenvalue weighted by atomic mass is 35.5. The predicted molar refractivity (Wildman–Crippen MR) is 93.3 cm³/mol. The van der Waals surface area contributed by atoms with Crippen LogP contribution in [0.1, 0.15) is 11.1 Å². The Morgan fingerprint density at radius 3 is 2.50 bits per heavy atom. The van der Waals surface area contributed by atoms with Gasteiger partial charge in [0.25, 0.3) is 0 Å². The van der Waals surface area contributed by atoms with Crippen LogP contribution in [-0.2, 0) is 17.8 Å². The molecule has 1 aromatic heterocycles. The van der Waals surface area contributed by atoms with Crippen molar-refractivity contribution in [1.29, 1.82) is 0 Å². The number of benzene rings is 1. The summed E-state index contributed by atoms with van der Waals surface area (Å²) in [6.45, 7) is 1.74. The highest BCUT2D eigenvalue weighted by Gasteiger charge is 2.18. The standard InChI is InChI=1S/C18H21ClFN3O/c1-22(2)10-11-23(13-14-6-8-21-9-7-14)18(24)12-15-16(19)4-3-5-17(15)20/h3-9H,10-13H2,1-2H3. The first-order chi connectivity index (χ1) is 11.5. The van der Waals surface area contributed by atoms with Gasteiger partial charge in [0.05, 0.1) is 6.42 Å². The van der Waals surface area contributed by atoms with Gasteiger partial charge in [0.2, 0.25) is 5.91 Å². The first-order valence-electron chi connectivity index (χ1n) is 7.71. The number of nitrogens with zero attached hydrogens (tertiary/aromatic N) is 3. The van der Waals surface area contributed by atoms with Gasteiger partial charge in [0.15, 0.2) is 0 Å². The summed E-state index contributed by atoms with van der Waals surface area (Å²) in [6, 6.07) is 8.19. The summed E-state index contributed by atoms with van der Waals surface area (Å²) in [5, 5.41) is 0.278. The van der Waals surface area contributed by atoms with Crippen molar-refractivity contribution in [2.75, 3.05) is 27.2 Å². The van der Waals surface area contributed by atoms with Gasteiger partial charge in [-0.05, 0) is 43.9 Å². The molecule has 0 bridgehead atoms. The molecule has 0 N–H and O–H groups in total. The number of amides is 1. The molecule has 0 aliphatic carbocycles. The molecule has 0 fully saturated rings. The van der Waals surface area contributed by atoms with E-state index >= 15 is 0 Å². The fourth-order valence-corrected chi connectivity index (χ4v) is 2.52. The normalized spacial score (nSPS) is 10.9. The van der Waals surface area contributed by atoms with Gasteiger partial charge in [-0.3, -0.25) is 9.78 Å². The summed E-state index contributed by atoms with van der Waals surface area (Å²) < 4.78 is 13.9. The van der Waals surface area contributed by atoms with E-state index in [2.05, 4.69) is 4.98 Å². The molecule has 0 saturated carbocycles. The van der Waals surface area contributed by atoms with Gasteiger partial charge in [0.1, 0.15) is 5.82 Å². The number of hydrogen-bond acceptors (Lipinski definition) is 3. The number of rotatable bonds is 7. The van der Waals surface area contributed by atoms with Crippen molar-refractivity contribution in [2.45, 2.75) is 13.0 Å². The molecule has 24 heavy (non-hydrogen) atoms. The monoisotopic (exact) mass is 349 g/mol. The van der Waals surface area contributed by atoms with Gasteiger partial charge in [-0.25, -0.2) is 4.39 Å². The van der Waals surface area contributed by atoms with Gasteiger partial charge in [0, 0.05) is 42.6 Å². The fraction of sp³-hybridized carbons (Fsp3) is 0.333. The lowest BCUT2D eigenvalue weighted by molar-refractivity contribution is -0.131. The zero-order valence-corrected chi connectivity index (χ0v) is 14.6. The van der Waals surface area contributed by atoms with Crippen LogP contribution in [0.4, 0.5) is 4.39 Å². The summed E-state index contributed by atoms with van der Waals surface area (Å²) >= 11 is 6.04. The summed E-state index contributed by atoms with van der Waals surface area (Å²) in [5.41, 5.74) is 1.23. The summed E-state index contributed by atoms with van der Waals surface area (Å²) in [6.07, 6.45) is 3.33. The van der Waals surface area contributed by atoms with E-state index in [-0.39, 0.29) is 22.9 Å². The van der Waals surface area contributed by atoms with Gasteiger partial charge >= 0.3 is 0 Å². The third kappa shape index (κ3) is 5.28. The molecule has 1 heterocycles. The smallest absolute Gasteiger partial charge is 0.227 e. The third-order valence-electron chi connectivity index (χ3n) is 3.68. The van der Waals surface area contributed by atoms with Crippen LogP contribution in [0.3, 0.4) is 0 Å². The molecule has 0 radical (unpaired) electrons. The minimum absolute atomic E-state index is 0.0516. The molecule has 0 atom stereocenters. The second-order valence-corrected chi connectivity index (χ2v) is 6.26. The van der Waals surface area contributed by atoms with Crippen molar-refractivity contribution < 1.29 is 9.18 Å². The Balaban J connectivity index is 2.14. The molecule has 0 unspecified atom stereocenters. The predicted octanol–water partition coefficient (Wildman–Crippen LogP) is 3.01. The maximum Gasteiger partial charge on any atom is 0.227 e. The SMILES string of the molecule is CN(C)CCN(Cc1ccncc1)C(=O)Cc1c(F)cccc1Cl. The molecule has 1 amide bonds. The molecular formula is C18H21ClFN3O. The Kier molecular flexibility index (Phi) is 6.70. The molecule has 0 aliphatic heterocycles. The van der Waals surface area contributed by atoms with Crippen LogP contribution in [0, 0.1) is 5.82 Å². The van der Waals surface area contributed by atoms with E-state index < -0.39 is 5.82 Å². The van der Waals surface area contributed by atoms with Gasteiger partial charge in [-0.15, -0.1) is 0 Å². The number of halogens is 2. The second-order valence-electron chi connectivity index (χ2n) is 5.85. The van der Waals surface area contributed by atoms with Crippen LogP contribution in [0.15, 0.2) is 42.7 Å². The largest absolute Gasteiger partial charge is 0.337 e. The second kappa shape index (κ2) is 8.76. The lowest BCUT2D eigenvalue weighted by atomic mass is 10.1. The fourth-order valence-electron chi connectivity index (χ4n) is 2.29. The third-order valence-corrected chi connectivity index (χ3v) is 4.04. The average molecular weight is 350 g/mol. The molecule has 6 heteroatoms. The zero-order valence-electron chi connectivity index (χ0n) is 13.9. The highest BCUT2D eigenvalue weighted by molar-refractivity contribution is 6.31. The lowest BCUT2D eigenvalue weighted by Crippen LogP contribution is -2.37. The number of hydrogen-bond donors (Lipinski definition) is 0. The van der Waals surface area contributed by atoms with E-state index in [4.69, 9.17) is 11.6 Å². The minimum Gasteiger partial charge on any atom is -0.337 e. The van der Waals surface area contributed by atoms with Crippen LogP contribution in [0.2, 0.25) is 5.02 Å². The van der Waals surface area contributed by atoms with Crippen LogP contribution >= 0.6 is 11.6 Å². The van der Waals surface area contributed by atoms with Crippen molar-refractivity contribution >= 4 is 17.5 Å². The number of aromatic nitrogens is 1. The van der Waals surface area contributed by atoms with Crippen molar-refractivity contribution in [2.24, 2.45) is 0 Å². The summed E-state index contributed by atoms with van der Waals surface area (Å²) in [7, 11) is 3.89. The molecule has 0 saturated heterocycles. The maximum atomic E-state index is 13.9. The Labute approximate surface area is 146 Å². The Morgan fingerprint density at radius 1 is 1.17 bits per heavy atom. The van der Waals surface area contributed by atoms with E-state index in [1.807, 2.05) is 31.1 Å². The number of carbonyl (C=O) groups is 1. The van der Waals surface area contributed by atoms with E-state index in [9.17, 15) is 9.18 Å². The van der Waals surface area contributed by atoms with Gasteiger partial charge in [-0.2, -0.15) is 0 Å². The van der Waals surface area contributed by atoms with E-state index in [0.717, 1.165) is 12.1 Å². The van der Waals surface area contributed by atoms with E-state index in [0.29, 0.717) is 13.1 Å². The van der Waals surface area contributed by atoms with Crippen LogP contribution in [0.25, 0.3) is 0 Å². The number of carbonyl (C=O) groups excluding carboxylic acids is 1. The van der Waals surface area contributed by atoms with E-state index in [1.54, 1.807) is 23.4 Å². The molecule has 1 aromatic carbocycles. The maximum absolute atomic E-state index is 13.9. The van der Waals surface area contributed by atoms with Crippen molar-refractivity contribution in [3.8, 4) is 0 Å². The summed E-state index contributed by atoms with van der Waals surface area (Å²) in [5.74, 6) is -0.604.